The van der Waals surface area contributed by atoms with Crippen LogP contribution in [0.4, 0.5) is 0 Å². The quantitative estimate of drug-likeness (QED) is 0.363. The van der Waals surface area contributed by atoms with Gasteiger partial charge in [0.05, 0.1) is 0 Å². The first-order valence-electron chi connectivity index (χ1n) is 7.50. The van der Waals surface area contributed by atoms with Crippen molar-refractivity contribution in [2.45, 2.75) is 5.40 Å². The van der Waals surface area contributed by atoms with Crippen LogP contribution >= 0.6 is 0 Å². The van der Waals surface area contributed by atoms with Crippen molar-refractivity contribution in [1.82, 2.24) is 4.98 Å². The first-order chi connectivity index (χ1) is 11.1. The summed E-state index contributed by atoms with van der Waals surface area (Å²) in [6.07, 6.45) is 3.59. The van der Waals surface area contributed by atoms with E-state index in [1.54, 1.807) is 6.08 Å². The smallest absolute Gasteiger partial charge is 0.132 e. The van der Waals surface area contributed by atoms with Gasteiger partial charge in [-0.25, -0.2) is 0 Å². The molecule has 5 heteroatoms. The van der Waals surface area contributed by atoms with Gasteiger partial charge >= 0.3 is 0 Å². The molecule has 0 fully saturated rings. The molecular formula is C19H10B2NORe-. The van der Waals surface area contributed by atoms with Crippen LogP contribution in [0.3, 0.4) is 0 Å². The molecule has 24 heavy (non-hydrogen) atoms. The molecule has 0 N–H and O–H groups in total. The van der Waals surface area contributed by atoms with Crippen molar-refractivity contribution in [3.05, 3.63) is 60.2 Å². The van der Waals surface area contributed by atoms with E-state index in [4.69, 9.17) is 25.4 Å². The zero-order chi connectivity index (χ0) is 15.6. The zero-order valence-corrected chi connectivity index (χ0v) is 15.4. The second-order valence-corrected chi connectivity index (χ2v) is 5.93. The molecule has 0 saturated heterocycles. The summed E-state index contributed by atoms with van der Waals surface area (Å²) in [5.41, 5.74) is 2.83. The van der Waals surface area contributed by atoms with Gasteiger partial charge in [-0.3, -0.25) is 0 Å². The number of aromatic nitrogens is 1. The molecule has 0 atom stereocenters. The Bertz CT molecular complexity index is 1130. The molecule has 0 spiro atoms. The van der Waals surface area contributed by atoms with Crippen LogP contribution in [0.5, 0.6) is 5.75 Å². The fraction of sp³-hybridized carbons (Fsp3) is 0.0526. The Kier molecular flexibility index (Phi) is 3.42. The third kappa shape index (κ3) is 2.09. The number of hydrogen-bond donors (Lipinski definition) is 0. The molecule has 0 bridgehead atoms. The van der Waals surface area contributed by atoms with Crippen LogP contribution in [0.2, 0.25) is 0 Å². The van der Waals surface area contributed by atoms with Crippen LogP contribution < -0.4 is 9.72 Å². The van der Waals surface area contributed by atoms with Gasteiger partial charge in [-0.15, -0.1) is 11.0 Å². The predicted octanol–water partition coefficient (Wildman–Crippen LogP) is 3.50. The zero-order valence-electron chi connectivity index (χ0n) is 12.7. The van der Waals surface area contributed by atoms with Gasteiger partial charge in [-0.05, 0) is 16.2 Å². The molecule has 0 unspecified atom stereocenters. The number of benzene rings is 3. The van der Waals surface area contributed by atoms with Gasteiger partial charge in [0.25, 0.3) is 0 Å². The van der Waals surface area contributed by atoms with Gasteiger partial charge in [-0.1, -0.05) is 60.7 Å². The largest absolute Gasteiger partial charge is 0.656 e. The van der Waals surface area contributed by atoms with Gasteiger partial charge in [0.15, 0.2) is 0 Å². The third-order valence-electron chi connectivity index (χ3n) is 4.37. The van der Waals surface area contributed by atoms with E-state index in [2.05, 4.69) is 12.1 Å². The van der Waals surface area contributed by atoms with Crippen LogP contribution in [0.15, 0.2) is 54.6 Å². The van der Waals surface area contributed by atoms with E-state index in [1.165, 1.54) is 0 Å². The maximum absolute atomic E-state index is 5.95. The number of rotatable bonds is 0. The Morgan fingerprint density at radius 1 is 0.875 bits per heavy atom. The molecule has 0 aliphatic carbocycles. The van der Waals surface area contributed by atoms with Crippen LogP contribution in [0.25, 0.3) is 38.7 Å². The molecule has 3 aromatic carbocycles. The first kappa shape index (κ1) is 15.6. The summed E-state index contributed by atoms with van der Waals surface area (Å²) in [5.74, 6) is 0.698. The number of para-hydroxylation sites is 1. The number of fused-ring (bicyclic) bond motifs is 8. The molecule has 2 heterocycles. The monoisotopic (exact) mass is 477 g/mol. The first-order valence-corrected chi connectivity index (χ1v) is 7.50. The summed E-state index contributed by atoms with van der Waals surface area (Å²) in [5, 5.41) is 3.09. The van der Waals surface area contributed by atoms with Crippen molar-refractivity contribution in [3.63, 3.8) is 0 Å². The summed E-state index contributed by atoms with van der Waals surface area (Å²) in [6.45, 7) is 0. The number of hydrogen-bond acceptors (Lipinski definition) is 1. The summed E-state index contributed by atoms with van der Waals surface area (Å²) in [4.78, 5) is 4.81. The molecular weight excluding hydrogens is 466 g/mol. The molecule has 4 aromatic rings. The molecule has 0 saturated carbocycles. The summed E-state index contributed by atoms with van der Waals surface area (Å²) in [7, 11) is 11.9. The van der Waals surface area contributed by atoms with E-state index in [1.807, 2.05) is 42.5 Å². The Hall–Kier alpha value is -1.95. The van der Waals surface area contributed by atoms with Crippen LogP contribution in [-0.4, -0.2) is 21.1 Å². The van der Waals surface area contributed by atoms with Gasteiger partial charge in [-0.2, -0.15) is 0 Å². The molecule has 1 aliphatic rings. The van der Waals surface area contributed by atoms with Crippen LogP contribution in [-0.2, 0) is 20.4 Å². The van der Waals surface area contributed by atoms with Gasteiger partial charge in [0.2, 0.25) is 0 Å². The maximum Gasteiger partial charge on any atom is 0.132 e. The minimum atomic E-state index is -1.30. The molecule has 2 nitrogen and oxygen atoms in total. The molecule has 0 amide bonds. The van der Waals surface area contributed by atoms with E-state index in [-0.39, 0.29) is 20.4 Å². The minimum absolute atomic E-state index is 0. The summed E-state index contributed by atoms with van der Waals surface area (Å²) < 4.78 is 5.87. The van der Waals surface area contributed by atoms with E-state index in [9.17, 15) is 0 Å². The predicted molar refractivity (Wildman–Crippen MR) is 96.2 cm³/mol. The van der Waals surface area contributed by atoms with Gasteiger partial charge in [0.1, 0.15) is 21.4 Å². The fourth-order valence-electron chi connectivity index (χ4n) is 3.39. The average Bonchev–Trinajstić information content (AvgIpc) is 2.94. The van der Waals surface area contributed by atoms with Crippen molar-refractivity contribution in [1.29, 1.82) is 0 Å². The Morgan fingerprint density at radius 2 is 1.54 bits per heavy atom. The number of nitrogens with zero attached hydrogens (tertiary/aromatic N) is 1. The normalized spacial score (nSPS) is 15.2. The molecule has 1 aromatic heterocycles. The van der Waals surface area contributed by atoms with Crippen molar-refractivity contribution >= 4 is 54.3 Å². The molecule has 111 valence electrons. The second-order valence-electron chi connectivity index (χ2n) is 5.93. The van der Waals surface area contributed by atoms with E-state index < -0.39 is 5.40 Å². The fourth-order valence-corrected chi connectivity index (χ4v) is 3.39. The standard InChI is InChI=1S/C19H10B2NO.Re/c20-19(21)10-9-14-17-16(13-7-3-4-8-15(13)22-17)11-5-1-2-6-12(11)18(14)23-19;/h1-10H;/q-1;. The molecule has 1 aliphatic heterocycles. The second kappa shape index (κ2) is 5.28. The number of ether oxygens (including phenoxy) is 1. The topological polar surface area (TPSA) is 23.3 Å². The van der Waals surface area contributed by atoms with E-state index >= 15 is 0 Å². The summed E-state index contributed by atoms with van der Waals surface area (Å²) in [6, 6.07) is 16.3. The Labute approximate surface area is 155 Å². The third-order valence-corrected chi connectivity index (χ3v) is 4.37. The van der Waals surface area contributed by atoms with Crippen molar-refractivity contribution in [2.24, 2.45) is 0 Å². The summed E-state index contributed by atoms with van der Waals surface area (Å²) >= 11 is 0. The van der Waals surface area contributed by atoms with Crippen molar-refractivity contribution in [2.75, 3.05) is 0 Å². The SMILES string of the molecule is [B]C1([B])C=Cc2c(c3ccccc3c3c2[n-]c2ccccc23)O1.[Re]. The Balaban J connectivity index is 0.00000146. The maximum atomic E-state index is 5.95. The van der Waals surface area contributed by atoms with Gasteiger partial charge < -0.3 is 9.72 Å². The van der Waals surface area contributed by atoms with Crippen molar-refractivity contribution in [3.8, 4) is 5.75 Å². The van der Waals surface area contributed by atoms with Gasteiger partial charge in [0, 0.05) is 36.8 Å². The molecule has 5 rings (SSSR count). The van der Waals surface area contributed by atoms with E-state index in [0.29, 0.717) is 5.75 Å². The average molecular weight is 476 g/mol. The van der Waals surface area contributed by atoms with Crippen molar-refractivity contribution < 1.29 is 25.2 Å². The molecule has 5 radical (unpaired) electrons. The minimum Gasteiger partial charge on any atom is -0.656 e. The van der Waals surface area contributed by atoms with Crippen LogP contribution in [0.1, 0.15) is 5.56 Å². The van der Waals surface area contributed by atoms with Crippen LogP contribution in [0, 0.1) is 0 Å². The van der Waals surface area contributed by atoms with E-state index in [0.717, 1.165) is 38.1 Å². The Morgan fingerprint density at radius 3 is 2.33 bits per heavy atom.